The van der Waals surface area contributed by atoms with Crippen LogP contribution in [0.2, 0.25) is 0 Å². The van der Waals surface area contributed by atoms with Crippen LogP contribution in [0.25, 0.3) is 0 Å². The smallest absolute Gasteiger partial charge is 0.419 e. The number of ether oxygens (including phenoxy) is 3. The second-order valence-corrected chi connectivity index (χ2v) is 6.97. The first-order valence-corrected chi connectivity index (χ1v) is 9.64. The number of hydrogen-bond acceptors (Lipinski definition) is 7. The van der Waals surface area contributed by atoms with E-state index in [4.69, 9.17) is 14.2 Å². The van der Waals surface area contributed by atoms with Gasteiger partial charge in [-0.25, -0.2) is 14.4 Å². The van der Waals surface area contributed by atoms with Crippen LogP contribution in [-0.4, -0.2) is 43.7 Å². The van der Waals surface area contributed by atoms with Gasteiger partial charge in [0.05, 0.1) is 31.3 Å². The Hall–Kier alpha value is -3.81. The maximum Gasteiger partial charge on any atom is 0.419 e. The molecule has 0 unspecified atom stereocenters. The van der Waals surface area contributed by atoms with Crippen LogP contribution in [0.1, 0.15) is 13.8 Å². The third-order valence-corrected chi connectivity index (χ3v) is 5.06. The molecule has 8 nitrogen and oxygen atoms in total. The van der Waals surface area contributed by atoms with E-state index < -0.39 is 23.9 Å². The summed E-state index contributed by atoms with van der Waals surface area (Å²) < 4.78 is 15.3. The van der Waals surface area contributed by atoms with Crippen molar-refractivity contribution in [1.82, 2.24) is 10.2 Å². The zero-order chi connectivity index (χ0) is 22.5. The van der Waals surface area contributed by atoms with E-state index in [9.17, 15) is 14.4 Å². The van der Waals surface area contributed by atoms with Crippen molar-refractivity contribution in [2.45, 2.75) is 13.8 Å². The Kier molecular flexibility index (Phi) is 6.59. The number of carbonyl (C=O) groups excluding carboxylic acids is 3. The molecule has 0 atom stereocenters. The van der Waals surface area contributed by atoms with Crippen LogP contribution in [0.4, 0.5) is 4.79 Å². The van der Waals surface area contributed by atoms with Crippen molar-refractivity contribution in [1.29, 1.82) is 0 Å². The van der Waals surface area contributed by atoms with Gasteiger partial charge in [-0.1, -0.05) is 24.3 Å². The summed E-state index contributed by atoms with van der Waals surface area (Å²) >= 11 is 0. The molecule has 0 fully saturated rings. The lowest BCUT2D eigenvalue weighted by atomic mass is 9.79. The van der Waals surface area contributed by atoms with Gasteiger partial charge in [-0.05, 0) is 37.6 Å². The van der Waals surface area contributed by atoms with Crippen LogP contribution in [0.5, 0.6) is 5.75 Å². The van der Waals surface area contributed by atoms with Gasteiger partial charge in [0.15, 0.2) is 0 Å². The summed E-state index contributed by atoms with van der Waals surface area (Å²) in [5.74, 6) is -1.36. The van der Waals surface area contributed by atoms with E-state index in [0.717, 1.165) is 0 Å². The maximum atomic E-state index is 12.5. The summed E-state index contributed by atoms with van der Waals surface area (Å²) in [6, 6.07) is 8.75. The standard InChI is InChI=1S/C23H24N2O6/c1-14-18(21(26)29-3)20(19(15(2)24-14)22(27)30-4)16-10-12-25(13-11-16)23(28)31-17-8-6-5-7-9-17/h5-12,20,24H,13H2,1-4H3. The number of methoxy groups -OCH3 is 2. The predicted molar refractivity (Wildman–Crippen MR) is 112 cm³/mol. The third kappa shape index (κ3) is 4.53. The Morgan fingerprint density at radius 1 is 0.968 bits per heavy atom. The number of allylic oxidation sites excluding steroid dienone is 4. The number of nitrogens with zero attached hydrogens (tertiary/aromatic N) is 1. The SMILES string of the molecule is COC(=O)C1=C(C)NC(C)=C(C(=O)OC)C1C1=CCN(C(=O)Oc2ccccc2)C=C1. The summed E-state index contributed by atoms with van der Waals surface area (Å²) in [5, 5.41) is 3.05. The Balaban J connectivity index is 1.89. The van der Waals surface area contributed by atoms with Gasteiger partial charge in [0, 0.05) is 24.1 Å². The number of rotatable bonds is 4. The molecule has 1 amide bonds. The highest BCUT2D eigenvalue weighted by Crippen LogP contribution is 2.37. The third-order valence-electron chi connectivity index (χ3n) is 5.06. The molecule has 2 aliphatic rings. The average Bonchev–Trinajstić information content (AvgIpc) is 2.78. The van der Waals surface area contributed by atoms with E-state index in [1.54, 1.807) is 56.5 Å². The van der Waals surface area contributed by atoms with Gasteiger partial charge >= 0.3 is 18.0 Å². The number of para-hydroxylation sites is 1. The molecule has 0 spiro atoms. The number of nitrogens with one attached hydrogen (secondary N) is 1. The van der Waals surface area contributed by atoms with Crippen LogP contribution in [0, 0.1) is 5.92 Å². The molecule has 0 aromatic heterocycles. The zero-order valence-electron chi connectivity index (χ0n) is 17.8. The summed E-state index contributed by atoms with van der Waals surface area (Å²) in [6.45, 7) is 3.70. The van der Waals surface area contributed by atoms with Crippen molar-refractivity contribution in [2.24, 2.45) is 5.92 Å². The topological polar surface area (TPSA) is 94.2 Å². The number of dihydropyridines is 1. The molecule has 3 rings (SSSR count). The molecule has 1 aromatic carbocycles. The van der Waals surface area contributed by atoms with Crippen molar-refractivity contribution in [2.75, 3.05) is 20.8 Å². The van der Waals surface area contributed by atoms with Crippen LogP contribution >= 0.6 is 0 Å². The van der Waals surface area contributed by atoms with Gasteiger partial charge in [0.25, 0.3) is 0 Å². The number of amides is 1. The van der Waals surface area contributed by atoms with E-state index in [1.165, 1.54) is 19.1 Å². The van der Waals surface area contributed by atoms with Crippen molar-refractivity contribution in [3.63, 3.8) is 0 Å². The van der Waals surface area contributed by atoms with Crippen LogP contribution in [0.3, 0.4) is 0 Å². The molecule has 2 aliphatic heterocycles. The second kappa shape index (κ2) is 9.34. The Morgan fingerprint density at radius 2 is 1.55 bits per heavy atom. The number of hydrogen-bond donors (Lipinski definition) is 1. The number of carbonyl (C=O) groups is 3. The molecule has 0 bridgehead atoms. The molecular formula is C23H24N2O6. The van der Waals surface area contributed by atoms with E-state index in [-0.39, 0.29) is 6.54 Å². The van der Waals surface area contributed by atoms with E-state index in [2.05, 4.69) is 5.32 Å². The predicted octanol–water partition coefficient (Wildman–Crippen LogP) is 3.05. The molecule has 2 heterocycles. The Bertz CT molecular complexity index is 982. The molecule has 31 heavy (non-hydrogen) atoms. The lowest BCUT2D eigenvalue weighted by Crippen LogP contribution is -2.36. The second-order valence-electron chi connectivity index (χ2n) is 6.97. The zero-order valence-corrected chi connectivity index (χ0v) is 17.8. The lowest BCUT2D eigenvalue weighted by Gasteiger charge is -2.32. The quantitative estimate of drug-likeness (QED) is 0.743. The van der Waals surface area contributed by atoms with Gasteiger partial charge in [-0.3, -0.25) is 4.90 Å². The van der Waals surface area contributed by atoms with Gasteiger partial charge < -0.3 is 19.5 Å². The molecule has 0 radical (unpaired) electrons. The largest absolute Gasteiger partial charge is 0.466 e. The first-order valence-electron chi connectivity index (χ1n) is 9.64. The van der Waals surface area contributed by atoms with Crippen LogP contribution in [0.15, 0.2) is 76.8 Å². The minimum atomic E-state index is -0.690. The normalized spacial score (nSPS) is 16.5. The van der Waals surface area contributed by atoms with Gasteiger partial charge in [-0.2, -0.15) is 0 Å². The molecule has 1 N–H and O–H groups in total. The highest BCUT2D eigenvalue weighted by molar-refractivity contribution is 5.99. The average molecular weight is 424 g/mol. The fourth-order valence-electron chi connectivity index (χ4n) is 3.59. The molecule has 0 saturated carbocycles. The van der Waals surface area contributed by atoms with E-state index in [0.29, 0.717) is 33.9 Å². The minimum absolute atomic E-state index is 0.211. The van der Waals surface area contributed by atoms with Crippen molar-refractivity contribution < 1.29 is 28.6 Å². The first-order chi connectivity index (χ1) is 14.9. The van der Waals surface area contributed by atoms with E-state index >= 15 is 0 Å². The molecule has 8 heteroatoms. The van der Waals surface area contributed by atoms with Crippen molar-refractivity contribution >= 4 is 18.0 Å². The summed E-state index contributed by atoms with van der Waals surface area (Å²) in [6.07, 6.45) is 4.48. The van der Waals surface area contributed by atoms with Crippen molar-refractivity contribution in [3.8, 4) is 5.75 Å². The van der Waals surface area contributed by atoms with Gasteiger partial charge in [0.2, 0.25) is 0 Å². The Morgan fingerprint density at radius 3 is 2.03 bits per heavy atom. The minimum Gasteiger partial charge on any atom is -0.466 e. The summed E-state index contributed by atoms with van der Waals surface area (Å²) in [5.41, 5.74) is 2.46. The van der Waals surface area contributed by atoms with Gasteiger partial charge in [-0.15, -0.1) is 0 Å². The van der Waals surface area contributed by atoms with Crippen molar-refractivity contribution in [3.05, 3.63) is 76.8 Å². The maximum absolute atomic E-state index is 12.5. The molecular weight excluding hydrogens is 400 g/mol. The summed E-state index contributed by atoms with van der Waals surface area (Å²) in [7, 11) is 2.57. The van der Waals surface area contributed by atoms with E-state index in [1.807, 2.05) is 6.07 Å². The number of esters is 2. The molecule has 1 aromatic rings. The van der Waals surface area contributed by atoms with Crippen LogP contribution in [-0.2, 0) is 19.1 Å². The number of benzene rings is 1. The Labute approximate surface area is 180 Å². The highest BCUT2D eigenvalue weighted by Gasteiger charge is 2.38. The van der Waals surface area contributed by atoms with Gasteiger partial charge in [0.1, 0.15) is 5.75 Å². The monoisotopic (exact) mass is 424 g/mol. The first kappa shape index (κ1) is 21.9. The summed E-state index contributed by atoms with van der Waals surface area (Å²) in [4.78, 5) is 38.9. The fourth-order valence-corrected chi connectivity index (χ4v) is 3.59. The highest BCUT2D eigenvalue weighted by atomic mass is 16.6. The molecule has 0 aliphatic carbocycles. The lowest BCUT2D eigenvalue weighted by molar-refractivity contribution is -0.137. The fraction of sp³-hybridized carbons (Fsp3) is 0.261. The molecule has 0 saturated heterocycles. The molecule has 162 valence electrons. The van der Waals surface area contributed by atoms with Crippen LogP contribution < -0.4 is 10.1 Å².